The molecule has 0 aromatic carbocycles. The maximum absolute atomic E-state index is 9.04. The van der Waals surface area contributed by atoms with Crippen LogP contribution in [0.15, 0.2) is 18.3 Å². The molecule has 0 bridgehead atoms. The Morgan fingerprint density at radius 1 is 1.45 bits per heavy atom. The van der Waals surface area contributed by atoms with Crippen molar-refractivity contribution in [2.24, 2.45) is 5.92 Å². The van der Waals surface area contributed by atoms with Crippen LogP contribution in [0, 0.1) is 5.92 Å². The summed E-state index contributed by atoms with van der Waals surface area (Å²) < 4.78 is 7.78. The first-order valence-electron chi connectivity index (χ1n) is 7.37. The second-order valence-corrected chi connectivity index (χ2v) is 5.40. The van der Waals surface area contributed by atoms with Gasteiger partial charge >= 0.3 is 0 Å². The van der Waals surface area contributed by atoms with Gasteiger partial charge < -0.3 is 14.4 Å². The van der Waals surface area contributed by atoms with E-state index in [0.717, 1.165) is 56.0 Å². The number of imidazole rings is 1. The third-order valence-electron chi connectivity index (χ3n) is 3.84. The summed E-state index contributed by atoms with van der Waals surface area (Å²) in [4.78, 5) is 9.14. The lowest BCUT2D eigenvalue weighted by atomic mass is 10.0. The molecule has 0 radical (unpaired) electrons. The molecule has 5 heteroatoms. The molecular formula is C15H21N3O2. The van der Waals surface area contributed by atoms with Crippen LogP contribution in [0.1, 0.15) is 25.1 Å². The Labute approximate surface area is 118 Å². The van der Waals surface area contributed by atoms with E-state index in [-0.39, 0.29) is 6.61 Å². The van der Waals surface area contributed by atoms with Gasteiger partial charge in [0.2, 0.25) is 0 Å². The summed E-state index contributed by atoms with van der Waals surface area (Å²) in [7, 11) is 0. The number of aliphatic hydroxyl groups excluding tert-OH is 1. The quantitative estimate of drug-likeness (QED) is 0.903. The number of pyridine rings is 1. The van der Waals surface area contributed by atoms with Crippen LogP contribution >= 0.6 is 0 Å². The molecule has 2 aromatic heterocycles. The molecule has 0 aliphatic carbocycles. The summed E-state index contributed by atoms with van der Waals surface area (Å²) in [6.45, 7) is 2.82. The number of aliphatic hydroxyl groups is 1. The summed E-state index contributed by atoms with van der Waals surface area (Å²) in [5, 5.41) is 9.04. The van der Waals surface area contributed by atoms with Crippen LogP contribution < -0.4 is 0 Å². The van der Waals surface area contributed by atoms with Crippen molar-refractivity contribution in [1.82, 2.24) is 14.5 Å². The van der Waals surface area contributed by atoms with Crippen molar-refractivity contribution in [2.45, 2.75) is 32.2 Å². The Morgan fingerprint density at radius 2 is 2.40 bits per heavy atom. The number of hydrogen-bond acceptors (Lipinski definition) is 4. The fourth-order valence-electron chi connectivity index (χ4n) is 2.83. The van der Waals surface area contributed by atoms with Crippen LogP contribution in [0.25, 0.3) is 11.2 Å². The lowest BCUT2D eigenvalue weighted by molar-refractivity contribution is 0.0484. The van der Waals surface area contributed by atoms with Gasteiger partial charge in [-0.25, -0.2) is 9.97 Å². The molecule has 1 atom stereocenters. The van der Waals surface area contributed by atoms with Gasteiger partial charge in [0.15, 0.2) is 5.65 Å². The average molecular weight is 275 g/mol. The zero-order valence-electron chi connectivity index (χ0n) is 11.7. The zero-order chi connectivity index (χ0) is 13.8. The Morgan fingerprint density at radius 3 is 3.20 bits per heavy atom. The van der Waals surface area contributed by atoms with Crippen molar-refractivity contribution in [1.29, 1.82) is 0 Å². The topological polar surface area (TPSA) is 60.2 Å². The molecule has 5 nitrogen and oxygen atoms in total. The van der Waals surface area contributed by atoms with Gasteiger partial charge in [0.25, 0.3) is 0 Å². The molecule has 1 unspecified atom stereocenters. The van der Waals surface area contributed by atoms with Gasteiger partial charge in [-0.05, 0) is 31.4 Å². The van der Waals surface area contributed by atoms with Crippen LogP contribution in [0.4, 0.5) is 0 Å². The number of aryl methyl sites for hydroxylation is 1. The number of rotatable bonds is 5. The minimum absolute atomic E-state index is 0.198. The Kier molecular flexibility index (Phi) is 4.28. The van der Waals surface area contributed by atoms with Crippen molar-refractivity contribution in [3.8, 4) is 0 Å². The summed E-state index contributed by atoms with van der Waals surface area (Å²) in [6.07, 6.45) is 5.68. The van der Waals surface area contributed by atoms with E-state index in [0.29, 0.717) is 5.92 Å². The summed E-state index contributed by atoms with van der Waals surface area (Å²) in [6, 6.07) is 3.91. The van der Waals surface area contributed by atoms with Gasteiger partial charge in [0.1, 0.15) is 11.3 Å². The predicted octanol–water partition coefficient (Wildman–Crippen LogP) is 1.78. The van der Waals surface area contributed by atoms with Crippen LogP contribution in [-0.2, 0) is 17.7 Å². The van der Waals surface area contributed by atoms with Crippen LogP contribution in [0.5, 0.6) is 0 Å². The van der Waals surface area contributed by atoms with E-state index in [4.69, 9.17) is 9.84 Å². The third kappa shape index (κ3) is 2.83. The molecule has 2 aromatic rings. The van der Waals surface area contributed by atoms with E-state index in [1.54, 1.807) is 0 Å². The van der Waals surface area contributed by atoms with E-state index in [1.165, 1.54) is 6.42 Å². The molecule has 1 fully saturated rings. The monoisotopic (exact) mass is 275 g/mol. The minimum atomic E-state index is 0.198. The van der Waals surface area contributed by atoms with E-state index in [9.17, 15) is 0 Å². The second-order valence-electron chi connectivity index (χ2n) is 5.40. The zero-order valence-corrected chi connectivity index (χ0v) is 11.7. The third-order valence-corrected chi connectivity index (χ3v) is 3.84. The maximum atomic E-state index is 9.04. The number of ether oxygens (including phenoxy) is 1. The molecule has 1 aliphatic rings. The van der Waals surface area contributed by atoms with Crippen molar-refractivity contribution in [2.75, 3.05) is 19.8 Å². The highest BCUT2D eigenvalue weighted by Gasteiger charge is 2.18. The molecule has 1 saturated heterocycles. The minimum Gasteiger partial charge on any atom is -0.396 e. The molecule has 1 N–H and O–H groups in total. The highest BCUT2D eigenvalue weighted by Crippen LogP contribution is 2.21. The first-order chi connectivity index (χ1) is 9.88. The van der Waals surface area contributed by atoms with Gasteiger partial charge in [-0.1, -0.05) is 0 Å². The Bertz CT molecular complexity index is 561. The molecular weight excluding hydrogens is 254 g/mol. The first kappa shape index (κ1) is 13.5. The van der Waals surface area contributed by atoms with Gasteiger partial charge in [-0.2, -0.15) is 0 Å². The van der Waals surface area contributed by atoms with E-state index in [2.05, 4.69) is 14.5 Å². The average Bonchev–Trinajstić information content (AvgIpc) is 2.84. The first-order valence-corrected chi connectivity index (χ1v) is 7.37. The predicted molar refractivity (Wildman–Crippen MR) is 76.5 cm³/mol. The maximum Gasteiger partial charge on any atom is 0.159 e. The van der Waals surface area contributed by atoms with Gasteiger partial charge in [-0.3, -0.25) is 0 Å². The molecule has 0 saturated carbocycles. The summed E-state index contributed by atoms with van der Waals surface area (Å²) in [5.41, 5.74) is 1.89. The molecule has 20 heavy (non-hydrogen) atoms. The fraction of sp³-hybridized carbons (Fsp3) is 0.600. The smallest absolute Gasteiger partial charge is 0.159 e. The fourth-order valence-corrected chi connectivity index (χ4v) is 2.83. The van der Waals surface area contributed by atoms with Crippen LogP contribution in [0.3, 0.4) is 0 Å². The summed E-state index contributed by atoms with van der Waals surface area (Å²) >= 11 is 0. The second kappa shape index (κ2) is 6.33. The highest BCUT2D eigenvalue weighted by atomic mass is 16.5. The van der Waals surface area contributed by atoms with Gasteiger partial charge in [0.05, 0.1) is 6.61 Å². The molecule has 0 amide bonds. The molecule has 108 valence electrons. The molecule has 1 aliphatic heterocycles. The van der Waals surface area contributed by atoms with E-state index >= 15 is 0 Å². The van der Waals surface area contributed by atoms with E-state index < -0.39 is 0 Å². The normalized spacial score (nSPS) is 19.6. The van der Waals surface area contributed by atoms with Crippen molar-refractivity contribution >= 4 is 11.2 Å². The number of fused-ring (bicyclic) bond motifs is 1. The molecule has 3 heterocycles. The van der Waals surface area contributed by atoms with Crippen molar-refractivity contribution in [3.05, 3.63) is 24.2 Å². The Balaban J connectivity index is 1.88. The SMILES string of the molecule is OCCCc1nc2cccnc2n1CC1CCCOC1. The highest BCUT2D eigenvalue weighted by molar-refractivity contribution is 5.71. The van der Waals surface area contributed by atoms with Crippen molar-refractivity contribution in [3.63, 3.8) is 0 Å². The van der Waals surface area contributed by atoms with E-state index in [1.807, 2.05) is 18.3 Å². The lowest BCUT2D eigenvalue weighted by Crippen LogP contribution is -2.23. The van der Waals surface area contributed by atoms with Crippen LogP contribution in [0.2, 0.25) is 0 Å². The number of hydrogen-bond donors (Lipinski definition) is 1. The molecule has 3 rings (SSSR count). The molecule has 0 spiro atoms. The summed E-state index contributed by atoms with van der Waals surface area (Å²) in [5.74, 6) is 1.56. The van der Waals surface area contributed by atoms with Gasteiger partial charge in [-0.15, -0.1) is 0 Å². The van der Waals surface area contributed by atoms with Gasteiger partial charge in [0, 0.05) is 38.3 Å². The lowest BCUT2D eigenvalue weighted by Gasteiger charge is -2.23. The standard InChI is InChI=1S/C15H21N3O2/c19-8-2-6-14-17-13-5-1-7-16-15(13)18(14)10-12-4-3-9-20-11-12/h1,5,7,12,19H,2-4,6,8-11H2. The number of nitrogens with zero attached hydrogens (tertiary/aromatic N) is 3. The Hall–Kier alpha value is -1.46. The number of aromatic nitrogens is 3. The van der Waals surface area contributed by atoms with Crippen LogP contribution in [-0.4, -0.2) is 39.5 Å². The van der Waals surface area contributed by atoms with Crippen molar-refractivity contribution < 1.29 is 9.84 Å². The largest absolute Gasteiger partial charge is 0.396 e.